The molecule has 8 heteroatoms. The maximum atomic E-state index is 11.1. The smallest absolute Gasteiger partial charge is 0.240 e. The molecule has 2 amide bonds. The van der Waals surface area contributed by atoms with Gasteiger partial charge < -0.3 is 10.8 Å². The van der Waals surface area contributed by atoms with E-state index in [1.54, 1.807) is 11.1 Å². The predicted octanol–water partition coefficient (Wildman–Crippen LogP) is -2.22. The molecule has 1 fully saturated rings. The molecule has 1 aromatic rings. The van der Waals surface area contributed by atoms with E-state index < -0.39 is 6.10 Å². The van der Waals surface area contributed by atoms with Gasteiger partial charge in [-0.25, -0.2) is 0 Å². The predicted molar refractivity (Wildman–Crippen MR) is 62.2 cm³/mol. The first-order chi connectivity index (χ1) is 8.52. The van der Waals surface area contributed by atoms with Gasteiger partial charge in [0.2, 0.25) is 11.8 Å². The van der Waals surface area contributed by atoms with Crippen LogP contribution in [0, 0.1) is 0 Å². The van der Waals surface area contributed by atoms with Crippen LogP contribution in [0.15, 0.2) is 12.4 Å². The Morgan fingerprint density at radius 2 is 2.06 bits per heavy atom. The van der Waals surface area contributed by atoms with Gasteiger partial charge in [0.25, 0.3) is 0 Å². The summed E-state index contributed by atoms with van der Waals surface area (Å²) in [5, 5.41) is 16.0. The average molecular weight is 253 g/mol. The summed E-state index contributed by atoms with van der Waals surface area (Å²) in [5.41, 5.74) is 6.02. The maximum Gasteiger partial charge on any atom is 0.240 e. The van der Waals surface area contributed by atoms with Crippen LogP contribution in [-0.2, 0) is 16.1 Å². The Kier molecular flexibility index (Phi) is 3.58. The largest absolute Gasteiger partial charge is 0.396 e. The van der Waals surface area contributed by atoms with E-state index in [2.05, 4.69) is 10.4 Å². The Labute approximate surface area is 103 Å². The monoisotopic (exact) mass is 253 g/mol. The first-order valence-electron chi connectivity index (χ1n) is 5.54. The number of nitrogen functional groups attached to an aromatic ring is 1. The number of nitrogens with one attached hydrogen (secondary N) is 1. The van der Waals surface area contributed by atoms with Crippen molar-refractivity contribution >= 4 is 17.5 Å². The summed E-state index contributed by atoms with van der Waals surface area (Å²) in [7, 11) is 0. The number of anilines is 1. The second kappa shape index (κ2) is 5.15. The lowest BCUT2D eigenvalue weighted by molar-refractivity contribution is -0.136. The highest BCUT2D eigenvalue weighted by Gasteiger charge is 2.24. The standard InChI is InChI=1S/C10H15N5O3/c11-7-1-12-15(2-7)4-8(16)3-14-5-9(17)13-10(18)6-14/h1-2,8,16H,3-6,11H2,(H,13,17,18). The molecule has 1 unspecified atom stereocenters. The zero-order chi connectivity index (χ0) is 13.1. The molecule has 2 rings (SSSR count). The molecule has 0 radical (unpaired) electrons. The fourth-order valence-corrected chi connectivity index (χ4v) is 1.88. The molecule has 1 saturated heterocycles. The molecule has 0 bridgehead atoms. The number of aliphatic hydroxyl groups excluding tert-OH is 1. The molecular formula is C10H15N5O3. The number of nitrogens with two attached hydrogens (primary N) is 1. The summed E-state index contributed by atoms with van der Waals surface area (Å²) in [6.07, 6.45) is 2.38. The number of hydrogen-bond acceptors (Lipinski definition) is 6. The minimum atomic E-state index is -0.719. The summed E-state index contributed by atoms with van der Waals surface area (Å²) < 4.78 is 1.52. The van der Waals surface area contributed by atoms with E-state index in [4.69, 9.17) is 5.73 Å². The number of β-amino-alcohol motifs (C(OH)–C–C–N with tert-alkyl or cyclic N) is 1. The molecular weight excluding hydrogens is 238 g/mol. The first-order valence-corrected chi connectivity index (χ1v) is 5.54. The molecule has 0 aromatic carbocycles. The van der Waals surface area contributed by atoms with Crippen molar-refractivity contribution in [3.63, 3.8) is 0 Å². The molecule has 1 aliphatic heterocycles. The fraction of sp³-hybridized carbons (Fsp3) is 0.500. The highest BCUT2D eigenvalue weighted by molar-refractivity contribution is 5.99. The van der Waals surface area contributed by atoms with Crippen molar-refractivity contribution < 1.29 is 14.7 Å². The van der Waals surface area contributed by atoms with Crippen LogP contribution < -0.4 is 11.1 Å². The Balaban J connectivity index is 1.85. The summed E-state index contributed by atoms with van der Waals surface area (Å²) in [4.78, 5) is 23.9. The second-order valence-corrected chi connectivity index (χ2v) is 4.29. The Morgan fingerprint density at radius 3 is 2.61 bits per heavy atom. The molecule has 2 heterocycles. The number of piperazine rings is 1. The number of aromatic nitrogens is 2. The quantitative estimate of drug-likeness (QED) is 0.524. The topological polar surface area (TPSA) is 113 Å². The van der Waals surface area contributed by atoms with E-state index in [9.17, 15) is 14.7 Å². The van der Waals surface area contributed by atoms with E-state index in [0.29, 0.717) is 5.69 Å². The fourth-order valence-electron chi connectivity index (χ4n) is 1.88. The van der Waals surface area contributed by atoms with Gasteiger partial charge in [0.15, 0.2) is 0 Å². The van der Waals surface area contributed by atoms with Gasteiger partial charge in [-0.15, -0.1) is 0 Å². The number of nitrogens with zero attached hydrogens (tertiary/aromatic N) is 3. The van der Waals surface area contributed by atoms with Crippen molar-refractivity contribution in [1.82, 2.24) is 20.0 Å². The maximum absolute atomic E-state index is 11.1. The zero-order valence-corrected chi connectivity index (χ0v) is 9.74. The van der Waals surface area contributed by atoms with Gasteiger partial charge in [-0.1, -0.05) is 0 Å². The number of amides is 2. The van der Waals surface area contributed by atoms with Gasteiger partial charge in [0.05, 0.1) is 37.6 Å². The van der Waals surface area contributed by atoms with Gasteiger partial charge in [-0.05, 0) is 0 Å². The van der Waals surface area contributed by atoms with Crippen LogP contribution in [0.3, 0.4) is 0 Å². The van der Waals surface area contributed by atoms with Crippen molar-refractivity contribution in [3.8, 4) is 0 Å². The zero-order valence-electron chi connectivity index (χ0n) is 9.74. The van der Waals surface area contributed by atoms with E-state index in [-0.39, 0.29) is 38.0 Å². The Bertz CT molecular complexity index is 442. The van der Waals surface area contributed by atoms with E-state index >= 15 is 0 Å². The van der Waals surface area contributed by atoms with Crippen molar-refractivity contribution in [1.29, 1.82) is 0 Å². The number of imide groups is 1. The SMILES string of the molecule is Nc1cnn(CC(O)CN2CC(=O)NC(=O)C2)c1. The van der Waals surface area contributed by atoms with E-state index in [0.717, 1.165) is 0 Å². The van der Waals surface area contributed by atoms with Crippen molar-refractivity contribution in [3.05, 3.63) is 12.4 Å². The van der Waals surface area contributed by atoms with E-state index in [1.807, 2.05) is 0 Å². The highest BCUT2D eigenvalue weighted by atomic mass is 16.3. The third kappa shape index (κ3) is 3.28. The van der Waals surface area contributed by atoms with Gasteiger partial charge in [-0.3, -0.25) is 24.5 Å². The molecule has 4 N–H and O–H groups in total. The van der Waals surface area contributed by atoms with Crippen molar-refractivity contribution in [2.45, 2.75) is 12.6 Å². The van der Waals surface area contributed by atoms with Crippen molar-refractivity contribution in [2.75, 3.05) is 25.4 Å². The second-order valence-electron chi connectivity index (χ2n) is 4.29. The molecule has 18 heavy (non-hydrogen) atoms. The first kappa shape index (κ1) is 12.5. The normalized spacial score (nSPS) is 18.7. The molecule has 1 aliphatic rings. The highest BCUT2D eigenvalue weighted by Crippen LogP contribution is 2.02. The number of aliphatic hydroxyl groups is 1. The van der Waals surface area contributed by atoms with Gasteiger partial charge in [-0.2, -0.15) is 5.10 Å². The molecule has 1 atom stereocenters. The summed E-state index contributed by atoms with van der Waals surface area (Å²) in [6, 6.07) is 0. The summed E-state index contributed by atoms with van der Waals surface area (Å²) in [5.74, 6) is -0.691. The lowest BCUT2D eigenvalue weighted by Gasteiger charge is -2.27. The lowest BCUT2D eigenvalue weighted by atomic mass is 10.2. The minimum Gasteiger partial charge on any atom is -0.396 e. The minimum absolute atomic E-state index is 0.115. The molecule has 0 spiro atoms. The third-order valence-corrected chi connectivity index (χ3v) is 2.53. The number of rotatable bonds is 4. The van der Waals surface area contributed by atoms with Crippen molar-refractivity contribution in [2.24, 2.45) is 0 Å². The van der Waals surface area contributed by atoms with Gasteiger partial charge >= 0.3 is 0 Å². The molecule has 0 saturated carbocycles. The van der Waals surface area contributed by atoms with Crippen LogP contribution >= 0.6 is 0 Å². The van der Waals surface area contributed by atoms with Crippen LogP contribution in [0.25, 0.3) is 0 Å². The third-order valence-electron chi connectivity index (χ3n) is 2.53. The van der Waals surface area contributed by atoms with Gasteiger partial charge in [0, 0.05) is 12.7 Å². The average Bonchev–Trinajstić information content (AvgIpc) is 2.61. The number of hydrogen-bond donors (Lipinski definition) is 3. The van der Waals surface area contributed by atoms with Crippen LogP contribution in [0.5, 0.6) is 0 Å². The molecule has 8 nitrogen and oxygen atoms in total. The lowest BCUT2D eigenvalue weighted by Crippen LogP contribution is -2.53. The van der Waals surface area contributed by atoms with Crippen LogP contribution in [0.1, 0.15) is 0 Å². The van der Waals surface area contributed by atoms with E-state index in [1.165, 1.54) is 10.9 Å². The number of carbonyl (C=O) groups excluding carboxylic acids is 2. The molecule has 0 aliphatic carbocycles. The number of carbonyl (C=O) groups is 2. The van der Waals surface area contributed by atoms with Gasteiger partial charge in [0.1, 0.15) is 0 Å². The summed E-state index contributed by atoms with van der Waals surface area (Å²) >= 11 is 0. The van der Waals surface area contributed by atoms with Crippen LogP contribution in [-0.4, -0.2) is 57.3 Å². The molecule has 98 valence electrons. The van der Waals surface area contributed by atoms with Crippen LogP contribution in [0.4, 0.5) is 5.69 Å². The Hall–Kier alpha value is -1.93. The summed E-state index contributed by atoms with van der Waals surface area (Å²) in [6.45, 7) is 0.733. The van der Waals surface area contributed by atoms with Crippen LogP contribution in [0.2, 0.25) is 0 Å². The molecule has 1 aromatic heterocycles. The Morgan fingerprint density at radius 1 is 1.39 bits per heavy atom.